The minimum Gasteiger partial charge on any atom is -0.493 e. The molecular weight excluding hydrogens is 462 g/mol. The van der Waals surface area contributed by atoms with Crippen molar-refractivity contribution in [3.8, 4) is 17.1 Å². The highest BCUT2D eigenvalue weighted by Crippen LogP contribution is 2.45. The van der Waals surface area contributed by atoms with Crippen LogP contribution in [0.5, 0.6) is 5.75 Å². The minimum absolute atomic E-state index is 0.0436. The molecular formula is C28H29NO5S. The summed E-state index contributed by atoms with van der Waals surface area (Å²) in [6, 6.07) is 15.8. The average molecular weight is 492 g/mol. The third-order valence-electron chi connectivity index (χ3n) is 6.89. The Labute approximate surface area is 209 Å². The monoisotopic (exact) mass is 491 g/mol. The Balaban J connectivity index is 1.25. The quantitative estimate of drug-likeness (QED) is 0.389. The zero-order chi connectivity index (χ0) is 23.6. The lowest BCUT2D eigenvalue weighted by Gasteiger charge is -2.27. The number of morpholine rings is 1. The summed E-state index contributed by atoms with van der Waals surface area (Å²) in [6.07, 6.45) is 2.97. The molecule has 3 aliphatic heterocycles. The van der Waals surface area contributed by atoms with Gasteiger partial charge in [0.25, 0.3) is 0 Å². The summed E-state index contributed by atoms with van der Waals surface area (Å²) in [4.78, 5) is 17.0. The third-order valence-corrected chi connectivity index (χ3v) is 8.19. The van der Waals surface area contributed by atoms with Gasteiger partial charge in [0.2, 0.25) is 0 Å². The molecule has 0 unspecified atom stereocenters. The predicted molar refractivity (Wildman–Crippen MR) is 136 cm³/mol. The Morgan fingerprint density at radius 1 is 0.943 bits per heavy atom. The van der Waals surface area contributed by atoms with Gasteiger partial charge in [-0.3, -0.25) is 4.79 Å². The van der Waals surface area contributed by atoms with Crippen molar-refractivity contribution < 1.29 is 18.6 Å². The molecule has 3 aliphatic rings. The molecule has 0 radical (unpaired) electrons. The highest BCUT2D eigenvalue weighted by atomic mass is 32.2. The van der Waals surface area contributed by atoms with Crippen LogP contribution in [0.25, 0.3) is 11.3 Å². The van der Waals surface area contributed by atoms with Crippen molar-refractivity contribution in [2.75, 3.05) is 51.0 Å². The van der Waals surface area contributed by atoms with E-state index in [9.17, 15) is 4.79 Å². The molecule has 0 atom stereocenters. The van der Waals surface area contributed by atoms with Gasteiger partial charge in [-0.15, -0.1) is 0 Å². The molecule has 0 amide bonds. The maximum absolute atomic E-state index is 12.6. The maximum atomic E-state index is 12.6. The van der Waals surface area contributed by atoms with Crippen LogP contribution in [0.15, 0.2) is 67.5 Å². The summed E-state index contributed by atoms with van der Waals surface area (Å²) in [7, 11) is 0. The number of rotatable bonds is 5. The summed E-state index contributed by atoms with van der Waals surface area (Å²) < 4.78 is 23.3. The molecule has 1 aromatic heterocycles. The molecule has 0 N–H and O–H groups in total. The second kappa shape index (κ2) is 10.1. The first-order chi connectivity index (χ1) is 17.2. The lowest BCUT2D eigenvalue weighted by Crippen LogP contribution is -2.36. The predicted octanol–water partition coefficient (Wildman–Crippen LogP) is 5.00. The molecule has 0 spiro atoms. The van der Waals surface area contributed by atoms with Crippen molar-refractivity contribution in [2.45, 2.75) is 29.1 Å². The Kier molecular flexibility index (Phi) is 6.55. The van der Waals surface area contributed by atoms with Gasteiger partial charge in [-0.2, -0.15) is 0 Å². The standard InChI is InChI=1S/C28H29NO5S/c30-22-16-25(34-27(17-22)29-8-12-32-13-9-29)24-3-1-2-20-14-21-15-23(4-5-26(21)35-28(20)24)33-18-19-6-10-31-11-7-19/h1-5,15-17,19H,6-14,18H2. The van der Waals surface area contributed by atoms with Crippen molar-refractivity contribution in [3.63, 3.8) is 0 Å². The lowest BCUT2D eigenvalue weighted by atomic mass is 10.00. The molecule has 0 aliphatic carbocycles. The normalized spacial score (nSPS) is 18.1. The topological polar surface area (TPSA) is 61.1 Å². The van der Waals surface area contributed by atoms with Gasteiger partial charge in [0.1, 0.15) is 11.5 Å². The molecule has 182 valence electrons. The average Bonchev–Trinajstić information content (AvgIpc) is 2.91. The van der Waals surface area contributed by atoms with Crippen molar-refractivity contribution in [3.05, 3.63) is 69.9 Å². The van der Waals surface area contributed by atoms with Crippen LogP contribution >= 0.6 is 11.8 Å². The molecule has 6 rings (SSSR count). The first-order valence-electron chi connectivity index (χ1n) is 12.3. The molecule has 2 aromatic carbocycles. The fraction of sp³-hybridized carbons (Fsp3) is 0.393. The number of anilines is 1. The second-order valence-electron chi connectivity index (χ2n) is 9.30. The van der Waals surface area contributed by atoms with Crippen LogP contribution in [0.3, 0.4) is 0 Å². The molecule has 4 heterocycles. The molecule has 0 saturated carbocycles. The lowest BCUT2D eigenvalue weighted by molar-refractivity contribution is 0.0497. The van der Waals surface area contributed by atoms with Gasteiger partial charge in [0.05, 0.1) is 19.8 Å². The Hall–Kier alpha value is -2.74. The first kappa shape index (κ1) is 22.7. The van der Waals surface area contributed by atoms with Crippen molar-refractivity contribution >= 4 is 17.6 Å². The summed E-state index contributed by atoms with van der Waals surface area (Å²) in [5, 5.41) is 0. The van der Waals surface area contributed by atoms with Crippen LogP contribution < -0.4 is 15.1 Å². The van der Waals surface area contributed by atoms with Crippen LogP contribution in [0.2, 0.25) is 0 Å². The van der Waals surface area contributed by atoms with Gasteiger partial charge in [-0.25, -0.2) is 0 Å². The van der Waals surface area contributed by atoms with Gasteiger partial charge in [-0.1, -0.05) is 30.0 Å². The van der Waals surface area contributed by atoms with Crippen molar-refractivity contribution in [1.82, 2.24) is 0 Å². The van der Waals surface area contributed by atoms with E-state index in [0.29, 0.717) is 30.8 Å². The highest BCUT2D eigenvalue weighted by molar-refractivity contribution is 7.99. The largest absolute Gasteiger partial charge is 0.493 e. The molecule has 2 fully saturated rings. The van der Waals surface area contributed by atoms with Gasteiger partial charge in [0, 0.05) is 53.8 Å². The van der Waals surface area contributed by atoms with E-state index in [1.807, 2.05) is 12.1 Å². The van der Waals surface area contributed by atoms with E-state index in [0.717, 1.165) is 68.4 Å². The van der Waals surface area contributed by atoms with Gasteiger partial charge < -0.3 is 23.5 Å². The van der Waals surface area contributed by atoms with Crippen molar-refractivity contribution in [1.29, 1.82) is 0 Å². The molecule has 6 nitrogen and oxygen atoms in total. The van der Waals surface area contributed by atoms with Crippen LogP contribution in [0.4, 0.5) is 5.88 Å². The van der Waals surface area contributed by atoms with Gasteiger partial charge in [0.15, 0.2) is 11.3 Å². The molecule has 0 bridgehead atoms. The van der Waals surface area contributed by atoms with E-state index in [1.54, 1.807) is 23.9 Å². The fourth-order valence-electron chi connectivity index (χ4n) is 4.90. The summed E-state index contributed by atoms with van der Waals surface area (Å²) >= 11 is 1.74. The van der Waals surface area contributed by atoms with E-state index < -0.39 is 0 Å². The number of nitrogens with zero attached hydrogens (tertiary/aromatic N) is 1. The van der Waals surface area contributed by atoms with E-state index in [-0.39, 0.29) is 5.43 Å². The molecule has 2 saturated heterocycles. The summed E-state index contributed by atoms with van der Waals surface area (Å²) in [6.45, 7) is 5.15. The SMILES string of the molecule is O=c1cc(-c2cccc3c2Sc2ccc(OCC4CCOCC4)cc2C3)oc(N2CCOCC2)c1. The van der Waals surface area contributed by atoms with Gasteiger partial charge >= 0.3 is 0 Å². The van der Waals surface area contributed by atoms with Crippen LogP contribution in [-0.2, 0) is 15.9 Å². The zero-order valence-electron chi connectivity index (χ0n) is 19.7. The summed E-state index contributed by atoms with van der Waals surface area (Å²) in [5.41, 5.74) is 3.43. The third kappa shape index (κ3) is 4.99. The van der Waals surface area contributed by atoms with Gasteiger partial charge in [-0.05, 0) is 54.5 Å². The fourth-order valence-corrected chi connectivity index (χ4v) is 6.07. The summed E-state index contributed by atoms with van der Waals surface area (Å²) in [5.74, 6) is 2.73. The van der Waals surface area contributed by atoms with E-state index in [2.05, 4.69) is 29.2 Å². The highest BCUT2D eigenvalue weighted by Gasteiger charge is 2.23. The van der Waals surface area contributed by atoms with Crippen molar-refractivity contribution in [2.24, 2.45) is 5.92 Å². The van der Waals surface area contributed by atoms with E-state index >= 15 is 0 Å². The Morgan fingerprint density at radius 2 is 1.77 bits per heavy atom. The number of hydrogen-bond acceptors (Lipinski definition) is 7. The van der Waals surface area contributed by atoms with Crippen LogP contribution in [0.1, 0.15) is 24.0 Å². The smallest absolute Gasteiger partial charge is 0.200 e. The first-order valence-corrected chi connectivity index (χ1v) is 13.2. The number of hydrogen-bond donors (Lipinski definition) is 0. The van der Waals surface area contributed by atoms with Crippen LogP contribution in [-0.4, -0.2) is 46.1 Å². The van der Waals surface area contributed by atoms with E-state index in [1.165, 1.54) is 16.0 Å². The number of fused-ring (bicyclic) bond motifs is 2. The van der Waals surface area contributed by atoms with Crippen LogP contribution in [0, 0.1) is 5.92 Å². The number of ether oxygens (including phenoxy) is 3. The Morgan fingerprint density at radius 3 is 2.63 bits per heavy atom. The number of benzene rings is 2. The molecule has 7 heteroatoms. The molecule has 3 aromatic rings. The minimum atomic E-state index is -0.0436. The molecule has 35 heavy (non-hydrogen) atoms. The van der Waals surface area contributed by atoms with E-state index in [4.69, 9.17) is 18.6 Å². The maximum Gasteiger partial charge on any atom is 0.200 e. The second-order valence-corrected chi connectivity index (χ2v) is 10.4. The Bertz CT molecular complexity index is 1260. The zero-order valence-corrected chi connectivity index (χ0v) is 20.5.